The summed E-state index contributed by atoms with van der Waals surface area (Å²) < 4.78 is 37.8. The van der Waals surface area contributed by atoms with Crippen LogP contribution in [0, 0.1) is 12.8 Å². The summed E-state index contributed by atoms with van der Waals surface area (Å²) in [6, 6.07) is 2.04. The van der Waals surface area contributed by atoms with Crippen LogP contribution in [0.25, 0.3) is 0 Å². The van der Waals surface area contributed by atoms with E-state index in [0.29, 0.717) is 29.0 Å². The van der Waals surface area contributed by atoms with E-state index >= 15 is 0 Å². The van der Waals surface area contributed by atoms with Crippen LogP contribution in [0.5, 0.6) is 0 Å². The molecule has 3 heterocycles. The molecule has 1 atom stereocenters. The first-order valence-corrected chi connectivity index (χ1v) is 10.4. The lowest BCUT2D eigenvalue weighted by Crippen LogP contribution is -2.50. The SMILES string of the molecule is Cc1nc(N[C@H]2C[C@H](Nc3ccc(C(F)(F)F)nn3)C2)nc2c1NC(=O)[C@H](C(C)C)N2C. The van der Waals surface area contributed by atoms with Crippen molar-refractivity contribution in [1.29, 1.82) is 0 Å². The molecule has 0 aromatic carbocycles. The van der Waals surface area contributed by atoms with E-state index in [9.17, 15) is 18.0 Å². The molecule has 1 aliphatic carbocycles. The van der Waals surface area contributed by atoms with Gasteiger partial charge < -0.3 is 20.9 Å². The second kappa shape index (κ2) is 8.06. The predicted molar refractivity (Wildman–Crippen MR) is 114 cm³/mol. The van der Waals surface area contributed by atoms with Gasteiger partial charge in [-0.05, 0) is 37.8 Å². The Hall–Kier alpha value is -3.18. The first-order chi connectivity index (χ1) is 15.0. The summed E-state index contributed by atoms with van der Waals surface area (Å²) in [7, 11) is 1.85. The number of likely N-dealkylation sites (N-methyl/N-ethyl adjacent to an activating group) is 1. The van der Waals surface area contributed by atoms with E-state index < -0.39 is 11.9 Å². The van der Waals surface area contributed by atoms with Crippen molar-refractivity contribution in [3.05, 3.63) is 23.5 Å². The van der Waals surface area contributed by atoms with E-state index in [2.05, 4.69) is 36.1 Å². The van der Waals surface area contributed by atoms with Gasteiger partial charge in [0.2, 0.25) is 11.9 Å². The largest absolute Gasteiger partial charge is 0.435 e. The van der Waals surface area contributed by atoms with Crippen LogP contribution >= 0.6 is 0 Å². The normalized spacial score (nSPS) is 22.8. The highest BCUT2D eigenvalue weighted by atomic mass is 19.4. The number of hydrogen-bond donors (Lipinski definition) is 3. The van der Waals surface area contributed by atoms with Gasteiger partial charge in [0.1, 0.15) is 17.5 Å². The Labute approximate surface area is 183 Å². The second-order valence-electron chi connectivity index (χ2n) is 8.58. The smallest absolute Gasteiger partial charge is 0.366 e. The first kappa shape index (κ1) is 22.0. The molecule has 32 heavy (non-hydrogen) atoms. The number of halogens is 3. The Morgan fingerprint density at radius 2 is 1.81 bits per heavy atom. The third-order valence-corrected chi connectivity index (χ3v) is 5.75. The van der Waals surface area contributed by atoms with Crippen LogP contribution in [-0.2, 0) is 11.0 Å². The molecule has 0 spiro atoms. The molecular formula is C20H25F3N8O. The van der Waals surface area contributed by atoms with Gasteiger partial charge in [-0.1, -0.05) is 13.8 Å². The minimum absolute atomic E-state index is 0.0598. The van der Waals surface area contributed by atoms with Crippen molar-refractivity contribution < 1.29 is 18.0 Å². The molecule has 9 nitrogen and oxygen atoms in total. The highest BCUT2D eigenvalue weighted by Crippen LogP contribution is 2.35. The van der Waals surface area contributed by atoms with Gasteiger partial charge in [-0.25, -0.2) is 4.98 Å². The number of carbonyl (C=O) groups is 1. The zero-order valence-electron chi connectivity index (χ0n) is 18.2. The summed E-state index contributed by atoms with van der Waals surface area (Å²) in [4.78, 5) is 23.4. The van der Waals surface area contributed by atoms with Crippen molar-refractivity contribution in [2.24, 2.45) is 5.92 Å². The fourth-order valence-electron chi connectivity index (χ4n) is 4.08. The van der Waals surface area contributed by atoms with Crippen molar-refractivity contribution in [3.63, 3.8) is 0 Å². The molecule has 2 aliphatic rings. The second-order valence-corrected chi connectivity index (χ2v) is 8.58. The highest BCUT2D eigenvalue weighted by Gasteiger charge is 2.36. The zero-order valence-corrected chi connectivity index (χ0v) is 18.2. The Morgan fingerprint density at radius 1 is 1.12 bits per heavy atom. The van der Waals surface area contributed by atoms with Crippen molar-refractivity contribution in [2.75, 3.05) is 27.9 Å². The molecule has 2 aromatic rings. The van der Waals surface area contributed by atoms with Gasteiger partial charge in [-0.2, -0.15) is 18.2 Å². The molecule has 12 heteroatoms. The average Bonchev–Trinajstić information content (AvgIpc) is 2.67. The standard InChI is InChI=1S/C20H25F3N8O/c1-9(2)16-18(32)27-15-10(3)24-19(28-17(15)31(16)4)26-12-7-11(8-12)25-14-6-5-13(29-30-14)20(21,22)23/h5-6,9,11-12,16H,7-8H2,1-4H3,(H,25,30)(H,27,32)(H,24,26,28)/t11-,12-,16-/m0/s1. The van der Waals surface area contributed by atoms with Gasteiger partial charge in [-0.15, -0.1) is 10.2 Å². The van der Waals surface area contributed by atoms with Gasteiger partial charge >= 0.3 is 6.18 Å². The van der Waals surface area contributed by atoms with E-state index in [0.717, 1.165) is 18.9 Å². The number of fused-ring (bicyclic) bond motifs is 1. The topological polar surface area (TPSA) is 108 Å². The summed E-state index contributed by atoms with van der Waals surface area (Å²) in [5, 5.41) is 16.1. The molecular weight excluding hydrogens is 425 g/mol. The minimum atomic E-state index is -4.50. The number of carbonyl (C=O) groups excluding carboxylic acids is 1. The number of aromatic nitrogens is 4. The summed E-state index contributed by atoms with van der Waals surface area (Å²) in [6.07, 6.45) is -3.05. The van der Waals surface area contributed by atoms with E-state index in [1.54, 1.807) is 0 Å². The number of aryl methyl sites for hydroxylation is 1. The number of rotatable bonds is 5. The molecule has 1 aliphatic heterocycles. The zero-order chi connectivity index (χ0) is 23.2. The Bertz CT molecular complexity index is 1010. The summed E-state index contributed by atoms with van der Waals surface area (Å²) in [5.41, 5.74) is 0.278. The Balaban J connectivity index is 1.37. The monoisotopic (exact) mass is 450 g/mol. The van der Waals surface area contributed by atoms with E-state index in [1.165, 1.54) is 6.07 Å². The van der Waals surface area contributed by atoms with Crippen LogP contribution in [0.4, 0.5) is 36.4 Å². The number of nitrogens with zero attached hydrogens (tertiary/aromatic N) is 5. The maximum Gasteiger partial charge on any atom is 0.435 e. The third-order valence-electron chi connectivity index (χ3n) is 5.75. The molecule has 2 aromatic heterocycles. The minimum Gasteiger partial charge on any atom is -0.366 e. The average molecular weight is 450 g/mol. The Morgan fingerprint density at radius 3 is 2.41 bits per heavy atom. The summed E-state index contributed by atoms with van der Waals surface area (Å²) >= 11 is 0. The van der Waals surface area contributed by atoms with Gasteiger partial charge in [-0.3, -0.25) is 4.79 Å². The lowest BCUT2D eigenvalue weighted by Gasteiger charge is -2.38. The van der Waals surface area contributed by atoms with Crippen LogP contribution in [0.2, 0.25) is 0 Å². The van der Waals surface area contributed by atoms with Crippen molar-refractivity contribution in [1.82, 2.24) is 20.2 Å². The maximum absolute atomic E-state index is 12.6. The van der Waals surface area contributed by atoms with Crippen molar-refractivity contribution in [2.45, 2.75) is 57.9 Å². The number of alkyl halides is 3. The predicted octanol–water partition coefficient (Wildman–Crippen LogP) is 3.06. The van der Waals surface area contributed by atoms with Gasteiger partial charge in [0, 0.05) is 19.1 Å². The van der Waals surface area contributed by atoms with Crippen molar-refractivity contribution in [3.8, 4) is 0 Å². The molecule has 3 N–H and O–H groups in total. The lowest BCUT2D eigenvalue weighted by molar-refractivity contribution is -0.141. The van der Waals surface area contributed by atoms with Crippen LogP contribution in [0.15, 0.2) is 12.1 Å². The number of anilines is 4. The third kappa shape index (κ3) is 4.26. The molecule has 4 rings (SSSR count). The fourth-order valence-corrected chi connectivity index (χ4v) is 4.08. The highest BCUT2D eigenvalue weighted by molar-refractivity contribution is 6.03. The number of nitrogens with one attached hydrogen (secondary N) is 3. The van der Waals surface area contributed by atoms with Crippen LogP contribution in [-0.4, -0.2) is 51.2 Å². The molecule has 0 bridgehead atoms. The maximum atomic E-state index is 12.6. The molecule has 1 fully saturated rings. The van der Waals surface area contributed by atoms with Crippen molar-refractivity contribution >= 4 is 29.2 Å². The molecule has 0 radical (unpaired) electrons. The number of hydrogen-bond acceptors (Lipinski definition) is 8. The molecule has 172 valence electrons. The van der Waals surface area contributed by atoms with Crippen LogP contribution in [0.1, 0.15) is 38.1 Å². The Kier molecular flexibility index (Phi) is 5.55. The van der Waals surface area contributed by atoms with E-state index in [1.807, 2.05) is 32.7 Å². The van der Waals surface area contributed by atoms with E-state index in [4.69, 9.17) is 0 Å². The quantitative estimate of drug-likeness (QED) is 0.638. The molecule has 1 amide bonds. The van der Waals surface area contributed by atoms with Crippen LogP contribution in [0.3, 0.4) is 0 Å². The fraction of sp³-hybridized carbons (Fsp3) is 0.550. The number of amides is 1. The van der Waals surface area contributed by atoms with E-state index in [-0.39, 0.29) is 30.0 Å². The molecule has 0 saturated heterocycles. The lowest BCUT2D eigenvalue weighted by atomic mass is 9.87. The first-order valence-electron chi connectivity index (χ1n) is 10.4. The van der Waals surface area contributed by atoms with Gasteiger partial charge in [0.25, 0.3) is 0 Å². The van der Waals surface area contributed by atoms with Gasteiger partial charge in [0.15, 0.2) is 11.5 Å². The molecule has 0 unspecified atom stereocenters. The summed E-state index contributed by atoms with van der Waals surface area (Å²) in [6.45, 7) is 5.80. The van der Waals surface area contributed by atoms with Crippen LogP contribution < -0.4 is 20.9 Å². The summed E-state index contributed by atoms with van der Waals surface area (Å²) in [5.74, 6) is 1.50. The molecule has 1 saturated carbocycles. The van der Waals surface area contributed by atoms with Gasteiger partial charge in [0.05, 0.1) is 5.69 Å².